The highest BCUT2D eigenvalue weighted by molar-refractivity contribution is 5.86. The number of aromatic hydroxyl groups is 1. The number of carbonyl (C=O) groups is 1. The molecule has 0 bridgehead atoms. The lowest BCUT2D eigenvalue weighted by molar-refractivity contribution is -0.384. The van der Waals surface area contributed by atoms with E-state index < -0.39 is 4.92 Å². The van der Waals surface area contributed by atoms with Crippen LogP contribution in [0.5, 0.6) is 11.5 Å². The minimum atomic E-state index is -0.541. The second-order valence-corrected chi connectivity index (χ2v) is 6.03. The van der Waals surface area contributed by atoms with E-state index in [9.17, 15) is 20.0 Å². The Morgan fingerprint density at radius 1 is 1.25 bits per heavy atom. The standard InChI is InChI=1S/C19H19N3O6/c23-18-6-3-16(22(25)26)11-14(18)12-20-15-1-4-17(5-2-15)28-13-19(24)21-7-9-27-10-8-21/h1-6,11-12,23H,7-10,13H2. The minimum Gasteiger partial charge on any atom is -0.507 e. The number of aliphatic imine (C=N–C) groups is 1. The van der Waals surface area contributed by atoms with Crippen molar-refractivity contribution < 1.29 is 24.3 Å². The molecule has 0 atom stereocenters. The lowest BCUT2D eigenvalue weighted by atomic mass is 10.2. The minimum absolute atomic E-state index is 0.0514. The lowest BCUT2D eigenvalue weighted by Gasteiger charge is -2.26. The number of rotatable bonds is 6. The zero-order valence-corrected chi connectivity index (χ0v) is 15.0. The summed E-state index contributed by atoms with van der Waals surface area (Å²) in [6, 6.07) is 10.4. The number of morpholine rings is 1. The van der Waals surface area contributed by atoms with Gasteiger partial charge in [-0.1, -0.05) is 0 Å². The summed E-state index contributed by atoms with van der Waals surface area (Å²) < 4.78 is 10.7. The zero-order chi connectivity index (χ0) is 19.9. The van der Waals surface area contributed by atoms with E-state index in [1.807, 2.05) is 0 Å². The molecule has 1 N–H and O–H groups in total. The van der Waals surface area contributed by atoms with E-state index in [1.165, 1.54) is 24.4 Å². The molecule has 1 heterocycles. The van der Waals surface area contributed by atoms with Gasteiger partial charge in [0, 0.05) is 37.0 Å². The molecule has 0 radical (unpaired) electrons. The summed E-state index contributed by atoms with van der Waals surface area (Å²) in [5.74, 6) is 0.334. The molecule has 146 valence electrons. The fraction of sp³-hybridized carbons (Fsp3) is 0.263. The molecule has 28 heavy (non-hydrogen) atoms. The summed E-state index contributed by atoms with van der Waals surface area (Å²) in [6.07, 6.45) is 1.35. The Balaban J connectivity index is 1.58. The van der Waals surface area contributed by atoms with Gasteiger partial charge in [-0.25, -0.2) is 0 Å². The van der Waals surface area contributed by atoms with Crippen molar-refractivity contribution in [3.05, 3.63) is 58.1 Å². The predicted octanol–water partition coefficient (Wildman–Crippen LogP) is 2.29. The number of hydrogen-bond donors (Lipinski definition) is 1. The molecule has 1 aliphatic rings. The highest BCUT2D eigenvalue weighted by Crippen LogP contribution is 2.23. The summed E-state index contributed by atoms with van der Waals surface area (Å²) >= 11 is 0. The Kier molecular flexibility index (Phi) is 6.18. The Hall–Kier alpha value is -3.46. The highest BCUT2D eigenvalue weighted by Gasteiger charge is 2.17. The smallest absolute Gasteiger partial charge is 0.270 e. The third kappa shape index (κ3) is 5.04. The molecule has 9 nitrogen and oxygen atoms in total. The molecule has 2 aromatic carbocycles. The number of phenols is 1. The van der Waals surface area contributed by atoms with Crippen LogP contribution in [0.25, 0.3) is 0 Å². The number of phenolic OH excluding ortho intramolecular Hbond substituents is 1. The van der Waals surface area contributed by atoms with Gasteiger partial charge in [-0.3, -0.25) is 19.9 Å². The summed E-state index contributed by atoms with van der Waals surface area (Å²) in [5.41, 5.74) is 0.677. The molecule has 2 aromatic rings. The Morgan fingerprint density at radius 3 is 2.64 bits per heavy atom. The molecular formula is C19H19N3O6. The maximum absolute atomic E-state index is 12.1. The van der Waals surface area contributed by atoms with E-state index in [4.69, 9.17) is 9.47 Å². The molecule has 3 rings (SSSR count). The van der Waals surface area contributed by atoms with E-state index in [1.54, 1.807) is 29.2 Å². The third-order valence-corrected chi connectivity index (χ3v) is 4.14. The van der Waals surface area contributed by atoms with Crippen LogP contribution in [-0.2, 0) is 9.53 Å². The molecule has 0 unspecified atom stereocenters. The fourth-order valence-corrected chi connectivity index (χ4v) is 2.58. The number of ether oxygens (including phenoxy) is 2. The van der Waals surface area contributed by atoms with Gasteiger partial charge in [-0.15, -0.1) is 0 Å². The molecule has 1 fully saturated rings. The summed E-state index contributed by atoms with van der Waals surface area (Å²) in [6.45, 7) is 2.17. The van der Waals surface area contributed by atoms with Crippen LogP contribution in [0.2, 0.25) is 0 Å². The normalized spacial score (nSPS) is 14.2. The van der Waals surface area contributed by atoms with E-state index >= 15 is 0 Å². The van der Waals surface area contributed by atoms with E-state index in [0.29, 0.717) is 37.7 Å². The number of nitrogens with zero attached hydrogens (tertiary/aromatic N) is 3. The van der Waals surface area contributed by atoms with Crippen molar-refractivity contribution in [2.75, 3.05) is 32.9 Å². The SMILES string of the molecule is O=C(COc1ccc(N=Cc2cc([N+](=O)[O-])ccc2O)cc1)N1CCOCC1. The Morgan fingerprint density at radius 2 is 1.96 bits per heavy atom. The van der Waals surface area contributed by atoms with Crippen LogP contribution in [0.1, 0.15) is 5.56 Å². The van der Waals surface area contributed by atoms with Crippen molar-refractivity contribution in [2.45, 2.75) is 0 Å². The number of nitro groups is 1. The first-order chi connectivity index (χ1) is 13.5. The quantitative estimate of drug-likeness (QED) is 0.463. The number of carbonyl (C=O) groups excluding carboxylic acids is 1. The molecule has 0 spiro atoms. The van der Waals surface area contributed by atoms with Crippen molar-refractivity contribution in [1.29, 1.82) is 0 Å². The van der Waals surface area contributed by atoms with Crippen molar-refractivity contribution in [3.8, 4) is 11.5 Å². The number of hydrogen-bond acceptors (Lipinski definition) is 7. The van der Waals surface area contributed by atoms with Gasteiger partial charge in [-0.05, 0) is 30.3 Å². The second kappa shape index (κ2) is 8.96. The molecular weight excluding hydrogens is 366 g/mol. The Bertz CT molecular complexity index is 876. The molecule has 1 amide bonds. The highest BCUT2D eigenvalue weighted by atomic mass is 16.6. The summed E-state index contributed by atoms with van der Waals surface area (Å²) in [4.78, 5) is 28.2. The molecule has 0 aromatic heterocycles. The van der Waals surface area contributed by atoms with Gasteiger partial charge in [0.05, 0.1) is 23.8 Å². The van der Waals surface area contributed by atoms with Gasteiger partial charge < -0.3 is 19.5 Å². The van der Waals surface area contributed by atoms with E-state index in [0.717, 1.165) is 0 Å². The van der Waals surface area contributed by atoms with Gasteiger partial charge >= 0.3 is 0 Å². The van der Waals surface area contributed by atoms with Crippen LogP contribution in [0.4, 0.5) is 11.4 Å². The first-order valence-corrected chi connectivity index (χ1v) is 8.63. The number of benzene rings is 2. The average Bonchev–Trinajstić information content (AvgIpc) is 2.72. The van der Waals surface area contributed by atoms with Crippen LogP contribution in [0.3, 0.4) is 0 Å². The number of amides is 1. The molecule has 1 saturated heterocycles. The van der Waals surface area contributed by atoms with Gasteiger partial charge in [0.2, 0.25) is 0 Å². The average molecular weight is 385 g/mol. The molecule has 9 heteroatoms. The maximum atomic E-state index is 12.1. The predicted molar refractivity (Wildman–Crippen MR) is 101 cm³/mol. The van der Waals surface area contributed by atoms with Crippen LogP contribution in [0.15, 0.2) is 47.5 Å². The zero-order valence-electron chi connectivity index (χ0n) is 15.0. The largest absolute Gasteiger partial charge is 0.507 e. The van der Waals surface area contributed by atoms with E-state index in [2.05, 4.69) is 4.99 Å². The Labute approximate surface area is 161 Å². The fourth-order valence-electron chi connectivity index (χ4n) is 2.58. The van der Waals surface area contributed by atoms with Gasteiger partial charge in [0.1, 0.15) is 11.5 Å². The second-order valence-electron chi connectivity index (χ2n) is 6.03. The van der Waals surface area contributed by atoms with Crippen molar-refractivity contribution in [1.82, 2.24) is 4.90 Å². The number of non-ortho nitro benzene ring substituents is 1. The monoisotopic (exact) mass is 385 g/mol. The third-order valence-electron chi connectivity index (χ3n) is 4.14. The number of nitro benzene ring substituents is 1. The van der Waals surface area contributed by atoms with Crippen LogP contribution >= 0.6 is 0 Å². The molecule has 0 aliphatic carbocycles. The van der Waals surface area contributed by atoms with E-state index in [-0.39, 0.29) is 29.5 Å². The van der Waals surface area contributed by atoms with Crippen LogP contribution in [-0.4, -0.2) is 60.0 Å². The van der Waals surface area contributed by atoms with Gasteiger partial charge in [0.15, 0.2) is 6.61 Å². The first-order valence-electron chi connectivity index (χ1n) is 8.63. The van der Waals surface area contributed by atoms with Gasteiger partial charge in [-0.2, -0.15) is 0 Å². The van der Waals surface area contributed by atoms with Crippen LogP contribution < -0.4 is 4.74 Å². The maximum Gasteiger partial charge on any atom is 0.270 e. The summed E-state index contributed by atoms with van der Waals surface area (Å²) in [7, 11) is 0. The summed E-state index contributed by atoms with van der Waals surface area (Å²) in [5, 5.41) is 20.6. The van der Waals surface area contributed by atoms with Crippen LogP contribution in [0, 0.1) is 10.1 Å². The lowest BCUT2D eigenvalue weighted by Crippen LogP contribution is -2.42. The first kappa shape index (κ1) is 19.3. The topological polar surface area (TPSA) is 114 Å². The molecule has 0 saturated carbocycles. The van der Waals surface area contributed by atoms with Crippen molar-refractivity contribution in [2.24, 2.45) is 4.99 Å². The molecule has 1 aliphatic heterocycles. The van der Waals surface area contributed by atoms with Gasteiger partial charge in [0.25, 0.3) is 11.6 Å². The van der Waals surface area contributed by atoms with Crippen molar-refractivity contribution >= 4 is 23.5 Å². The van der Waals surface area contributed by atoms with Crippen molar-refractivity contribution in [3.63, 3.8) is 0 Å².